The van der Waals surface area contributed by atoms with E-state index in [0.717, 1.165) is 23.5 Å². The minimum absolute atomic E-state index is 0.516. The molecule has 2 rings (SSSR count). The fourth-order valence-corrected chi connectivity index (χ4v) is 1.66. The SMILES string of the molecule is Cc1c(B(O)O)ccc2c1NCCO2. The molecule has 14 heavy (non-hydrogen) atoms. The fourth-order valence-electron chi connectivity index (χ4n) is 1.66. The number of anilines is 1. The van der Waals surface area contributed by atoms with Crippen molar-refractivity contribution in [3.05, 3.63) is 17.7 Å². The van der Waals surface area contributed by atoms with E-state index < -0.39 is 7.12 Å². The van der Waals surface area contributed by atoms with E-state index in [0.29, 0.717) is 12.1 Å². The van der Waals surface area contributed by atoms with Gasteiger partial charge in [0.05, 0.1) is 5.69 Å². The van der Waals surface area contributed by atoms with E-state index >= 15 is 0 Å². The van der Waals surface area contributed by atoms with Crippen LogP contribution >= 0.6 is 0 Å². The summed E-state index contributed by atoms with van der Waals surface area (Å²) in [6.45, 7) is 3.24. The molecule has 0 saturated heterocycles. The normalized spacial score (nSPS) is 13.9. The summed E-state index contributed by atoms with van der Waals surface area (Å²) >= 11 is 0. The Balaban J connectivity index is 2.49. The van der Waals surface area contributed by atoms with Crippen molar-refractivity contribution in [3.63, 3.8) is 0 Å². The van der Waals surface area contributed by atoms with Crippen molar-refractivity contribution in [1.29, 1.82) is 0 Å². The second-order valence-corrected chi connectivity index (χ2v) is 3.30. The molecule has 0 amide bonds. The van der Waals surface area contributed by atoms with Gasteiger partial charge in [-0.05, 0) is 24.0 Å². The quantitative estimate of drug-likeness (QED) is 0.525. The van der Waals surface area contributed by atoms with Crippen molar-refractivity contribution < 1.29 is 14.8 Å². The van der Waals surface area contributed by atoms with E-state index in [1.54, 1.807) is 12.1 Å². The first-order valence-electron chi connectivity index (χ1n) is 4.56. The first kappa shape index (κ1) is 9.36. The first-order valence-corrected chi connectivity index (χ1v) is 4.56. The maximum absolute atomic E-state index is 9.09. The van der Waals surface area contributed by atoms with Gasteiger partial charge in [0, 0.05) is 6.54 Å². The average Bonchev–Trinajstić information content (AvgIpc) is 2.18. The third-order valence-electron chi connectivity index (χ3n) is 2.41. The summed E-state index contributed by atoms with van der Waals surface area (Å²) in [6, 6.07) is 3.43. The van der Waals surface area contributed by atoms with Crippen molar-refractivity contribution in [1.82, 2.24) is 0 Å². The number of hydrogen-bond donors (Lipinski definition) is 3. The van der Waals surface area contributed by atoms with Gasteiger partial charge in [0.1, 0.15) is 12.4 Å². The lowest BCUT2D eigenvalue weighted by atomic mass is 9.76. The van der Waals surface area contributed by atoms with Crippen LogP contribution in [0.2, 0.25) is 0 Å². The molecule has 0 aliphatic carbocycles. The molecule has 1 aromatic carbocycles. The summed E-state index contributed by atoms with van der Waals surface area (Å²) in [7, 11) is -1.43. The van der Waals surface area contributed by atoms with Crippen LogP contribution < -0.4 is 15.5 Å². The van der Waals surface area contributed by atoms with Gasteiger partial charge in [-0.1, -0.05) is 6.07 Å². The number of hydrogen-bond acceptors (Lipinski definition) is 4. The van der Waals surface area contributed by atoms with Crippen molar-refractivity contribution >= 4 is 18.3 Å². The highest BCUT2D eigenvalue weighted by molar-refractivity contribution is 6.59. The molecule has 5 heteroatoms. The van der Waals surface area contributed by atoms with Crippen LogP contribution in [0.5, 0.6) is 5.75 Å². The maximum Gasteiger partial charge on any atom is 0.488 e. The van der Waals surface area contributed by atoms with Gasteiger partial charge in [-0.15, -0.1) is 0 Å². The molecule has 1 heterocycles. The van der Waals surface area contributed by atoms with Crippen LogP contribution in [0.15, 0.2) is 12.1 Å². The topological polar surface area (TPSA) is 61.7 Å². The first-order chi connectivity index (χ1) is 6.70. The molecule has 3 N–H and O–H groups in total. The Morgan fingerprint density at radius 3 is 2.93 bits per heavy atom. The Bertz CT molecular complexity index is 354. The highest BCUT2D eigenvalue weighted by Crippen LogP contribution is 2.29. The highest BCUT2D eigenvalue weighted by atomic mass is 16.5. The second-order valence-electron chi connectivity index (χ2n) is 3.30. The van der Waals surface area contributed by atoms with Crippen molar-refractivity contribution in [2.75, 3.05) is 18.5 Å². The fraction of sp³-hybridized carbons (Fsp3) is 0.333. The van der Waals surface area contributed by atoms with Gasteiger partial charge in [-0.3, -0.25) is 0 Å². The number of fused-ring (bicyclic) bond motifs is 1. The van der Waals surface area contributed by atoms with Gasteiger partial charge in [-0.2, -0.15) is 0 Å². The summed E-state index contributed by atoms with van der Waals surface area (Å²) < 4.78 is 5.41. The van der Waals surface area contributed by atoms with E-state index in [1.165, 1.54) is 0 Å². The number of rotatable bonds is 1. The standard InChI is InChI=1S/C9H12BNO3/c1-6-7(10(12)13)2-3-8-9(6)11-4-5-14-8/h2-3,11-13H,4-5H2,1H3. The van der Waals surface area contributed by atoms with E-state index in [4.69, 9.17) is 14.8 Å². The summed E-state index contributed by atoms with van der Waals surface area (Å²) in [6.07, 6.45) is 0. The third-order valence-corrected chi connectivity index (χ3v) is 2.41. The molecular weight excluding hydrogens is 181 g/mol. The van der Waals surface area contributed by atoms with Gasteiger partial charge in [-0.25, -0.2) is 0 Å². The van der Waals surface area contributed by atoms with E-state index in [1.807, 2.05) is 6.92 Å². The molecule has 1 aliphatic rings. The van der Waals surface area contributed by atoms with Crippen LogP contribution in [0.1, 0.15) is 5.56 Å². The van der Waals surface area contributed by atoms with Crippen LogP contribution in [0, 0.1) is 6.92 Å². The summed E-state index contributed by atoms with van der Waals surface area (Å²) in [5, 5.41) is 21.4. The van der Waals surface area contributed by atoms with Crippen LogP contribution in [0.25, 0.3) is 0 Å². The van der Waals surface area contributed by atoms with Crippen LogP contribution in [0.3, 0.4) is 0 Å². The van der Waals surface area contributed by atoms with E-state index in [-0.39, 0.29) is 0 Å². The monoisotopic (exact) mass is 193 g/mol. The Labute approximate surface area is 82.7 Å². The minimum atomic E-state index is -1.43. The predicted molar refractivity (Wildman–Crippen MR) is 55.0 cm³/mol. The molecule has 0 aromatic heterocycles. The minimum Gasteiger partial charge on any atom is -0.490 e. The van der Waals surface area contributed by atoms with Gasteiger partial charge >= 0.3 is 7.12 Å². The number of nitrogens with one attached hydrogen (secondary N) is 1. The van der Waals surface area contributed by atoms with E-state index in [9.17, 15) is 0 Å². The zero-order chi connectivity index (χ0) is 10.1. The molecule has 0 fully saturated rings. The molecular formula is C9H12BNO3. The summed E-state index contributed by atoms with van der Waals surface area (Å²) in [5.41, 5.74) is 2.21. The molecule has 0 atom stereocenters. The lowest BCUT2D eigenvalue weighted by Gasteiger charge is -2.22. The lowest BCUT2D eigenvalue weighted by molar-refractivity contribution is 0.323. The zero-order valence-corrected chi connectivity index (χ0v) is 7.95. The molecule has 1 aliphatic heterocycles. The number of ether oxygens (including phenoxy) is 1. The summed E-state index contributed by atoms with van der Waals surface area (Å²) in [5.74, 6) is 0.776. The molecule has 0 radical (unpaired) electrons. The molecule has 4 nitrogen and oxygen atoms in total. The predicted octanol–water partition coefficient (Wildman–Crippen LogP) is -0.521. The van der Waals surface area contributed by atoms with Gasteiger partial charge < -0.3 is 20.1 Å². The molecule has 74 valence electrons. The average molecular weight is 193 g/mol. The second kappa shape index (κ2) is 3.51. The molecule has 0 spiro atoms. The largest absolute Gasteiger partial charge is 0.490 e. The smallest absolute Gasteiger partial charge is 0.488 e. The van der Waals surface area contributed by atoms with E-state index in [2.05, 4.69) is 5.32 Å². The highest BCUT2D eigenvalue weighted by Gasteiger charge is 2.20. The number of benzene rings is 1. The van der Waals surface area contributed by atoms with Gasteiger partial charge in [0.2, 0.25) is 0 Å². The molecule has 0 saturated carbocycles. The maximum atomic E-state index is 9.09. The Morgan fingerprint density at radius 2 is 2.21 bits per heavy atom. The van der Waals surface area contributed by atoms with Gasteiger partial charge in [0.15, 0.2) is 0 Å². The third kappa shape index (κ3) is 1.45. The van der Waals surface area contributed by atoms with Crippen molar-refractivity contribution in [2.45, 2.75) is 6.92 Å². The molecule has 0 unspecified atom stereocenters. The summed E-state index contributed by atoms with van der Waals surface area (Å²) in [4.78, 5) is 0. The zero-order valence-electron chi connectivity index (χ0n) is 7.95. The molecule has 0 bridgehead atoms. The molecule has 1 aromatic rings. The Morgan fingerprint density at radius 1 is 1.43 bits per heavy atom. The Kier molecular flexibility index (Phi) is 2.35. The van der Waals surface area contributed by atoms with Crippen molar-refractivity contribution in [3.8, 4) is 5.75 Å². The van der Waals surface area contributed by atoms with Crippen molar-refractivity contribution in [2.24, 2.45) is 0 Å². The van der Waals surface area contributed by atoms with Crippen LogP contribution in [0.4, 0.5) is 5.69 Å². The van der Waals surface area contributed by atoms with Crippen LogP contribution in [-0.2, 0) is 0 Å². The Hall–Kier alpha value is -1.20. The van der Waals surface area contributed by atoms with Crippen LogP contribution in [-0.4, -0.2) is 30.3 Å². The van der Waals surface area contributed by atoms with Gasteiger partial charge in [0.25, 0.3) is 0 Å². The lowest BCUT2D eigenvalue weighted by Crippen LogP contribution is -2.33.